The first-order valence-electron chi connectivity index (χ1n) is 5.15. The third-order valence-corrected chi connectivity index (χ3v) is 4.56. The normalized spacial score (nSPS) is 24.5. The predicted octanol–water partition coefficient (Wildman–Crippen LogP) is 2.73. The van der Waals surface area contributed by atoms with Gasteiger partial charge in [0.15, 0.2) is 0 Å². The summed E-state index contributed by atoms with van der Waals surface area (Å²) in [7, 11) is 2.07. The monoisotopic (exact) mass is 229 g/mol. The van der Waals surface area contributed by atoms with E-state index in [1.807, 2.05) is 0 Å². The maximum Gasteiger partial charge on any atom is 0.0153 e. The summed E-state index contributed by atoms with van der Waals surface area (Å²) >= 11 is 2.07. The van der Waals surface area contributed by atoms with Crippen molar-refractivity contribution in [2.45, 2.75) is 37.6 Å². The van der Waals surface area contributed by atoms with Gasteiger partial charge in [-0.15, -0.1) is 23.7 Å². The second-order valence-electron chi connectivity index (χ2n) is 4.27. The van der Waals surface area contributed by atoms with Crippen LogP contribution in [-0.2, 0) is 12.8 Å². The standard InChI is InChI=1S/C11H15NS.ClH/c1-12-9-4-8-5-10(7-2-3-7)13-11(8)6-9;/h5,7,9,12H,2-4,6H2,1H3;1H. The molecule has 1 nitrogen and oxygen atoms in total. The number of thiophene rings is 1. The van der Waals surface area contributed by atoms with Crippen LogP contribution in [0.1, 0.15) is 34.1 Å². The highest BCUT2D eigenvalue weighted by Gasteiger charge is 2.29. The molecule has 0 spiro atoms. The number of nitrogens with one attached hydrogen (secondary N) is 1. The van der Waals surface area contributed by atoms with Crippen LogP contribution in [-0.4, -0.2) is 13.1 Å². The fourth-order valence-electron chi connectivity index (χ4n) is 2.17. The van der Waals surface area contributed by atoms with E-state index >= 15 is 0 Å². The second-order valence-corrected chi connectivity index (χ2v) is 5.43. The molecule has 1 atom stereocenters. The Labute approximate surface area is 95.3 Å². The van der Waals surface area contributed by atoms with Crippen molar-refractivity contribution in [3.63, 3.8) is 0 Å². The molecule has 1 aromatic heterocycles. The SMILES string of the molecule is CNC1Cc2cc(C3CC3)sc2C1.Cl. The lowest BCUT2D eigenvalue weighted by molar-refractivity contribution is 0.594. The van der Waals surface area contributed by atoms with Gasteiger partial charge in [0.1, 0.15) is 0 Å². The Morgan fingerprint density at radius 2 is 2.14 bits per heavy atom. The third kappa shape index (κ3) is 1.71. The largest absolute Gasteiger partial charge is 0.316 e. The Kier molecular flexibility index (Phi) is 2.87. The fraction of sp³-hybridized carbons (Fsp3) is 0.636. The first-order chi connectivity index (χ1) is 6.36. The van der Waals surface area contributed by atoms with E-state index in [0.717, 1.165) is 12.0 Å². The van der Waals surface area contributed by atoms with Crippen molar-refractivity contribution < 1.29 is 0 Å². The quantitative estimate of drug-likeness (QED) is 0.823. The summed E-state index contributed by atoms with van der Waals surface area (Å²) in [5.74, 6) is 0.948. The van der Waals surface area contributed by atoms with Gasteiger partial charge in [-0.25, -0.2) is 0 Å². The molecular formula is C11H16ClNS. The number of likely N-dealkylation sites (N-methyl/N-ethyl adjacent to an activating group) is 1. The van der Waals surface area contributed by atoms with Gasteiger partial charge in [-0.3, -0.25) is 0 Å². The summed E-state index contributed by atoms with van der Waals surface area (Å²) in [6.45, 7) is 0. The first kappa shape index (κ1) is 10.5. The van der Waals surface area contributed by atoms with Crippen LogP contribution in [0.4, 0.5) is 0 Å². The molecule has 1 N–H and O–H groups in total. The molecule has 1 aromatic rings. The van der Waals surface area contributed by atoms with Gasteiger partial charge in [0, 0.05) is 15.8 Å². The van der Waals surface area contributed by atoms with Gasteiger partial charge in [-0.1, -0.05) is 0 Å². The van der Waals surface area contributed by atoms with Crippen molar-refractivity contribution in [3.8, 4) is 0 Å². The lowest BCUT2D eigenvalue weighted by atomic mass is 10.2. The number of rotatable bonds is 2. The van der Waals surface area contributed by atoms with Crippen molar-refractivity contribution in [2.24, 2.45) is 0 Å². The molecule has 1 heterocycles. The van der Waals surface area contributed by atoms with Crippen LogP contribution in [0.2, 0.25) is 0 Å². The maximum absolute atomic E-state index is 3.37. The molecule has 0 radical (unpaired) electrons. The van der Waals surface area contributed by atoms with Gasteiger partial charge >= 0.3 is 0 Å². The molecule has 1 unspecified atom stereocenters. The highest BCUT2D eigenvalue weighted by atomic mass is 35.5. The topological polar surface area (TPSA) is 12.0 Å². The zero-order chi connectivity index (χ0) is 8.84. The van der Waals surface area contributed by atoms with Crippen LogP contribution >= 0.6 is 23.7 Å². The molecular weight excluding hydrogens is 214 g/mol. The molecule has 1 fully saturated rings. The lowest BCUT2D eigenvalue weighted by Crippen LogP contribution is -2.24. The molecule has 0 amide bonds. The second kappa shape index (κ2) is 3.84. The molecule has 0 aromatic carbocycles. The molecule has 1 saturated carbocycles. The average Bonchev–Trinajstić information content (AvgIpc) is 2.78. The molecule has 14 heavy (non-hydrogen) atoms. The van der Waals surface area contributed by atoms with E-state index in [1.54, 1.807) is 15.3 Å². The number of halogens is 1. The van der Waals surface area contributed by atoms with E-state index in [1.165, 1.54) is 25.7 Å². The van der Waals surface area contributed by atoms with E-state index in [0.29, 0.717) is 0 Å². The Morgan fingerprint density at radius 1 is 1.36 bits per heavy atom. The van der Waals surface area contributed by atoms with Gasteiger partial charge in [-0.05, 0) is 50.3 Å². The van der Waals surface area contributed by atoms with E-state index in [-0.39, 0.29) is 12.4 Å². The molecule has 2 aliphatic rings. The predicted molar refractivity (Wildman–Crippen MR) is 63.8 cm³/mol. The zero-order valence-corrected chi connectivity index (χ0v) is 10.0. The molecule has 2 aliphatic carbocycles. The Hall–Kier alpha value is -0.0500. The third-order valence-electron chi connectivity index (χ3n) is 3.20. The van der Waals surface area contributed by atoms with Crippen molar-refractivity contribution >= 4 is 23.7 Å². The molecule has 3 rings (SSSR count). The van der Waals surface area contributed by atoms with E-state index < -0.39 is 0 Å². The summed E-state index contributed by atoms with van der Waals surface area (Å²) in [6.07, 6.45) is 5.40. The van der Waals surface area contributed by atoms with Crippen LogP contribution < -0.4 is 5.32 Å². The zero-order valence-electron chi connectivity index (χ0n) is 8.38. The summed E-state index contributed by atoms with van der Waals surface area (Å²) in [4.78, 5) is 3.32. The first-order valence-corrected chi connectivity index (χ1v) is 5.97. The molecule has 0 aliphatic heterocycles. The Bertz CT molecular complexity index is 307. The van der Waals surface area contributed by atoms with Crippen LogP contribution in [0.5, 0.6) is 0 Å². The Morgan fingerprint density at radius 3 is 2.71 bits per heavy atom. The fourth-order valence-corrected chi connectivity index (χ4v) is 3.62. The molecule has 0 saturated heterocycles. The summed E-state index contributed by atoms with van der Waals surface area (Å²) in [5.41, 5.74) is 1.63. The van der Waals surface area contributed by atoms with Crippen molar-refractivity contribution in [3.05, 3.63) is 21.4 Å². The van der Waals surface area contributed by atoms with Gasteiger partial charge in [0.25, 0.3) is 0 Å². The van der Waals surface area contributed by atoms with Crippen molar-refractivity contribution in [1.29, 1.82) is 0 Å². The van der Waals surface area contributed by atoms with Gasteiger partial charge in [-0.2, -0.15) is 0 Å². The molecule has 78 valence electrons. The van der Waals surface area contributed by atoms with Crippen LogP contribution in [0.15, 0.2) is 6.07 Å². The minimum atomic E-state index is 0. The smallest absolute Gasteiger partial charge is 0.0153 e. The van der Waals surface area contributed by atoms with Gasteiger partial charge < -0.3 is 5.32 Å². The van der Waals surface area contributed by atoms with Crippen LogP contribution in [0, 0.1) is 0 Å². The number of hydrogen-bond acceptors (Lipinski definition) is 2. The molecule has 3 heteroatoms. The van der Waals surface area contributed by atoms with Crippen LogP contribution in [0.3, 0.4) is 0 Å². The minimum absolute atomic E-state index is 0. The summed E-state index contributed by atoms with van der Waals surface area (Å²) in [6, 6.07) is 3.18. The highest BCUT2D eigenvalue weighted by Crippen LogP contribution is 2.45. The van der Waals surface area contributed by atoms with Gasteiger partial charge in [0.05, 0.1) is 0 Å². The number of hydrogen-bond donors (Lipinski definition) is 1. The van der Waals surface area contributed by atoms with Crippen LogP contribution in [0.25, 0.3) is 0 Å². The lowest BCUT2D eigenvalue weighted by Gasteiger charge is -2.05. The van der Waals surface area contributed by atoms with E-state index in [9.17, 15) is 0 Å². The number of fused-ring (bicyclic) bond motifs is 1. The van der Waals surface area contributed by atoms with E-state index in [4.69, 9.17) is 0 Å². The summed E-state index contributed by atoms with van der Waals surface area (Å²) in [5, 5.41) is 3.37. The summed E-state index contributed by atoms with van der Waals surface area (Å²) < 4.78 is 0. The highest BCUT2D eigenvalue weighted by molar-refractivity contribution is 7.12. The Balaban J connectivity index is 0.000000750. The van der Waals surface area contributed by atoms with E-state index in [2.05, 4.69) is 29.8 Å². The van der Waals surface area contributed by atoms with Crippen molar-refractivity contribution in [2.75, 3.05) is 7.05 Å². The van der Waals surface area contributed by atoms with Gasteiger partial charge in [0.2, 0.25) is 0 Å². The average molecular weight is 230 g/mol. The molecule has 0 bridgehead atoms. The van der Waals surface area contributed by atoms with Crippen molar-refractivity contribution in [1.82, 2.24) is 5.32 Å². The minimum Gasteiger partial charge on any atom is -0.316 e. The maximum atomic E-state index is 3.37.